The first kappa shape index (κ1) is 22.7. The number of rotatable bonds is 7. The summed E-state index contributed by atoms with van der Waals surface area (Å²) in [4.78, 5) is 24.5. The van der Waals surface area contributed by atoms with Crippen LogP contribution in [0.2, 0.25) is 5.02 Å². The molecule has 172 valence electrons. The Balaban J connectivity index is 1.36. The molecule has 0 atom stereocenters. The summed E-state index contributed by atoms with van der Waals surface area (Å²) in [6, 6.07) is 10.7. The van der Waals surface area contributed by atoms with Crippen LogP contribution in [0.5, 0.6) is 11.5 Å². The van der Waals surface area contributed by atoms with Crippen molar-refractivity contribution in [2.75, 3.05) is 26.4 Å². The van der Waals surface area contributed by atoms with Crippen LogP contribution in [0.25, 0.3) is 5.69 Å². The third-order valence-electron chi connectivity index (χ3n) is 5.24. The minimum Gasteiger partial charge on any atom is -0.486 e. The summed E-state index contributed by atoms with van der Waals surface area (Å²) >= 11 is 6.27. The van der Waals surface area contributed by atoms with E-state index in [2.05, 4.69) is 10.4 Å². The number of ether oxygens (including phenoxy) is 3. The Kier molecular flexibility index (Phi) is 6.84. The largest absolute Gasteiger partial charge is 0.486 e. The van der Waals surface area contributed by atoms with Crippen molar-refractivity contribution in [3.63, 3.8) is 0 Å². The van der Waals surface area contributed by atoms with Crippen molar-refractivity contribution in [2.24, 2.45) is 0 Å². The Labute approximate surface area is 196 Å². The van der Waals surface area contributed by atoms with Crippen molar-refractivity contribution in [1.82, 2.24) is 15.1 Å². The zero-order chi connectivity index (χ0) is 23.4. The van der Waals surface area contributed by atoms with Gasteiger partial charge < -0.3 is 19.5 Å². The quantitative estimate of drug-likeness (QED) is 0.530. The lowest BCUT2D eigenvalue weighted by Gasteiger charge is -2.20. The minimum atomic E-state index is -0.406. The van der Waals surface area contributed by atoms with Crippen LogP contribution in [-0.4, -0.2) is 48.0 Å². The Morgan fingerprint density at radius 1 is 1.18 bits per heavy atom. The molecule has 1 aliphatic heterocycles. The fourth-order valence-electron chi connectivity index (χ4n) is 3.56. The number of hydrogen-bond acceptors (Lipinski definition) is 6. The number of carbonyl (C=O) groups excluding carboxylic acids is 2. The van der Waals surface area contributed by atoms with E-state index < -0.39 is 5.97 Å². The molecule has 0 bridgehead atoms. The van der Waals surface area contributed by atoms with Gasteiger partial charge in [0.1, 0.15) is 18.8 Å². The highest BCUT2D eigenvalue weighted by Crippen LogP contribution is 2.38. The van der Waals surface area contributed by atoms with Gasteiger partial charge in [-0.25, -0.2) is 9.48 Å². The summed E-state index contributed by atoms with van der Waals surface area (Å²) in [5.74, 6) is 0.606. The van der Waals surface area contributed by atoms with Crippen LogP contribution in [0.4, 0.5) is 0 Å². The molecule has 2 aromatic carbocycles. The van der Waals surface area contributed by atoms with E-state index in [-0.39, 0.29) is 5.91 Å². The van der Waals surface area contributed by atoms with Gasteiger partial charge in [-0.2, -0.15) is 5.10 Å². The topological polar surface area (TPSA) is 91.7 Å². The van der Waals surface area contributed by atoms with Gasteiger partial charge in [0, 0.05) is 12.1 Å². The molecule has 0 spiro atoms. The first-order chi connectivity index (χ1) is 16.0. The van der Waals surface area contributed by atoms with E-state index in [0.29, 0.717) is 66.1 Å². The summed E-state index contributed by atoms with van der Waals surface area (Å²) in [6.45, 7) is 5.26. The van der Waals surface area contributed by atoms with Gasteiger partial charge in [0.2, 0.25) is 0 Å². The normalized spacial score (nSPS) is 12.3. The number of halogens is 1. The van der Waals surface area contributed by atoms with Gasteiger partial charge in [0.15, 0.2) is 11.5 Å². The van der Waals surface area contributed by atoms with Crippen LogP contribution in [0.15, 0.2) is 42.6 Å². The number of nitrogens with one attached hydrogen (secondary N) is 1. The highest BCUT2D eigenvalue weighted by molar-refractivity contribution is 6.32. The Bertz CT molecular complexity index is 1170. The first-order valence-electron chi connectivity index (χ1n) is 10.7. The lowest BCUT2D eigenvalue weighted by atomic mass is 10.1. The molecule has 0 fully saturated rings. The average molecular weight is 470 g/mol. The monoisotopic (exact) mass is 469 g/mol. The second-order valence-electron chi connectivity index (χ2n) is 7.43. The lowest BCUT2D eigenvalue weighted by Crippen LogP contribution is -2.25. The Morgan fingerprint density at radius 3 is 2.70 bits per heavy atom. The van der Waals surface area contributed by atoms with Gasteiger partial charge in [-0.15, -0.1) is 0 Å². The van der Waals surface area contributed by atoms with E-state index >= 15 is 0 Å². The highest BCUT2D eigenvalue weighted by Gasteiger charge is 2.18. The third kappa shape index (κ3) is 4.96. The molecule has 4 rings (SSSR count). The van der Waals surface area contributed by atoms with E-state index in [1.54, 1.807) is 42.8 Å². The van der Waals surface area contributed by atoms with Gasteiger partial charge in [0.05, 0.1) is 29.2 Å². The standard InChI is InChI=1S/C24H24ClN3O5/c1-3-31-24(30)19-14-27-28(15(19)2)18-6-4-17(5-7-18)23(29)26-9-8-16-12-20(25)22-21(13-16)32-10-11-33-22/h4-7,12-14H,3,8-11H2,1-2H3,(H,26,29). The maximum atomic E-state index is 12.5. The predicted octanol–water partition coefficient (Wildman–Crippen LogP) is 3.75. The van der Waals surface area contributed by atoms with Crippen LogP contribution < -0.4 is 14.8 Å². The van der Waals surface area contributed by atoms with E-state index in [0.717, 1.165) is 11.3 Å². The molecule has 0 unspecified atom stereocenters. The van der Waals surface area contributed by atoms with Crippen LogP contribution in [0, 0.1) is 6.92 Å². The van der Waals surface area contributed by atoms with E-state index in [1.165, 1.54) is 6.20 Å². The SMILES string of the molecule is CCOC(=O)c1cnn(-c2ccc(C(=O)NCCc3cc(Cl)c4c(c3)OCCO4)cc2)c1C. The van der Waals surface area contributed by atoms with Crippen molar-refractivity contribution in [3.8, 4) is 17.2 Å². The zero-order valence-electron chi connectivity index (χ0n) is 18.4. The number of carbonyl (C=O) groups is 2. The molecular formula is C24H24ClN3O5. The van der Waals surface area contributed by atoms with Crippen LogP contribution in [-0.2, 0) is 11.2 Å². The fourth-order valence-corrected chi connectivity index (χ4v) is 3.85. The van der Waals surface area contributed by atoms with Crippen molar-refractivity contribution < 1.29 is 23.8 Å². The smallest absolute Gasteiger partial charge is 0.341 e. The van der Waals surface area contributed by atoms with Gasteiger partial charge in [-0.1, -0.05) is 11.6 Å². The lowest BCUT2D eigenvalue weighted by molar-refractivity contribution is 0.0525. The summed E-state index contributed by atoms with van der Waals surface area (Å²) in [6.07, 6.45) is 2.08. The van der Waals surface area contributed by atoms with Gasteiger partial charge in [-0.3, -0.25) is 4.79 Å². The zero-order valence-corrected chi connectivity index (χ0v) is 19.1. The number of benzene rings is 2. The molecule has 0 saturated carbocycles. The van der Waals surface area contributed by atoms with Gasteiger partial charge in [-0.05, 0) is 62.2 Å². The number of fused-ring (bicyclic) bond motifs is 1. The number of hydrogen-bond donors (Lipinski definition) is 1. The second kappa shape index (κ2) is 9.95. The van der Waals surface area contributed by atoms with Gasteiger partial charge in [0.25, 0.3) is 5.91 Å². The molecule has 8 nitrogen and oxygen atoms in total. The molecule has 1 aromatic heterocycles. The molecule has 0 saturated heterocycles. The van der Waals surface area contributed by atoms with Gasteiger partial charge >= 0.3 is 5.97 Å². The molecule has 33 heavy (non-hydrogen) atoms. The van der Waals surface area contributed by atoms with Crippen LogP contribution >= 0.6 is 11.6 Å². The molecule has 1 N–H and O–H groups in total. The molecule has 0 aliphatic carbocycles. The van der Waals surface area contributed by atoms with E-state index in [9.17, 15) is 9.59 Å². The molecule has 3 aromatic rings. The predicted molar refractivity (Wildman–Crippen MR) is 123 cm³/mol. The number of aromatic nitrogens is 2. The van der Waals surface area contributed by atoms with Crippen LogP contribution in [0.3, 0.4) is 0 Å². The van der Waals surface area contributed by atoms with Crippen LogP contribution in [0.1, 0.15) is 38.9 Å². The average Bonchev–Trinajstić information content (AvgIpc) is 3.20. The summed E-state index contributed by atoms with van der Waals surface area (Å²) in [5, 5.41) is 7.69. The summed E-state index contributed by atoms with van der Waals surface area (Å²) < 4.78 is 17.8. The van der Waals surface area contributed by atoms with Crippen molar-refractivity contribution in [3.05, 3.63) is 70.0 Å². The van der Waals surface area contributed by atoms with E-state index in [4.69, 9.17) is 25.8 Å². The van der Waals surface area contributed by atoms with Crippen molar-refractivity contribution in [1.29, 1.82) is 0 Å². The summed E-state index contributed by atoms with van der Waals surface area (Å²) in [5.41, 5.74) is 3.30. The Hall–Kier alpha value is -3.52. The molecule has 1 aliphatic rings. The minimum absolute atomic E-state index is 0.186. The molecule has 0 radical (unpaired) electrons. The Morgan fingerprint density at radius 2 is 1.94 bits per heavy atom. The first-order valence-corrected chi connectivity index (χ1v) is 11.0. The van der Waals surface area contributed by atoms with Crippen molar-refractivity contribution in [2.45, 2.75) is 20.3 Å². The molecule has 1 amide bonds. The molecular weight excluding hydrogens is 446 g/mol. The maximum absolute atomic E-state index is 12.5. The number of amides is 1. The highest BCUT2D eigenvalue weighted by atomic mass is 35.5. The molecule has 9 heteroatoms. The number of esters is 1. The summed E-state index contributed by atoms with van der Waals surface area (Å²) in [7, 11) is 0. The fraction of sp³-hybridized carbons (Fsp3) is 0.292. The third-order valence-corrected chi connectivity index (χ3v) is 5.52. The van der Waals surface area contributed by atoms with E-state index in [1.807, 2.05) is 12.1 Å². The number of nitrogens with zero attached hydrogens (tertiary/aromatic N) is 2. The maximum Gasteiger partial charge on any atom is 0.341 e. The second-order valence-corrected chi connectivity index (χ2v) is 7.84. The molecule has 2 heterocycles. The van der Waals surface area contributed by atoms with Crippen molar-refractivity contribution >= 4 is 23.5 Å².